The number of benzene rings is 1. The van der Waals surface area contributed by atoms with Gasteiger partial charge in [-0.05, 0) is 38.1 Å². The third-order valence-corrected chi connectivity index (χ3v) is 5.44. The van der Waals surface area contributed by atoms with Gasteiger partial charge in [0.15, 0.2) is 18.2 Å². The average molecular weight is 444 g/mol. The molecule has 10 atom stereocenters. The highest BCUT2D eigenvalue weighted by Gasteiger charge is 2.50. The van der Waals surface area contributed by atoms with Crippen LogP contribution in [0.5, 0.6) is 5.75 Å². The van der Waals surface area contributed by atoms with E-state index in [4.69, 9.17) is 18.9 Å². The van der Waals surface area contributed by atoms with E-state index < -0.39 is 68.0 Å². The Hall–Kier alpha value is -1.67. The minimum atomic E-state index is -1.65. The van der Waals surface area contributed by atoms with Crippen LogP contribution in [0.25, 0.3) is 0 Å². The number of aliphatic hydroxyl groups is 6. The zero-order valence-electron chi connectivity index (χ0n) is 17.0. The highest BCUT2D eigenvalue weighted by Crippen LogP contribution is 2.30. The maximum Gasteiger partial charge on any atom is 0.229 e. The van der Waals surface area contributed by atoms with Gasteiger partial charge in [-0.1, -0.05) is 0 Å². The molecule has 0 saturated carbocycles. The van der Waals surface area contributed by atoms with Crippen molar-refractivity contribution in [3.05, 3.63) is 29.8 Å². The summed E-state index contributed by atoms with van der Waals surface area (Å²) in [4.78, 5) is 11.4. The zero-order valence-corrected chi connectivity index (χ0v) is 17.0. The van der Waals surface area contributed by atoms with Gasteiger partial charge in [0.05, 0.1) is 12.7 Å². The largest absolute Gasteiger partial charge is 0.462 e. The van der Waals surface area contributed by atoms with Gasteiger partial charge in [0.25, 0.3) is 0 Å². The lowest BCUT2D eigenvalue weighted by atomic mass is 9.97. The number of rotatable bonds is 6. The quantitative estimate of drug-likeness (QED) is 0.266. The van der Waals surface area contributed by atoms with Gasteiger partial charge in [0.1, 0.15) is 42.4 Å². The van der Waals surface area contributed by atoms with Crippen LogP contribution < -0.4 is 4.74 Å². The van der Waals surface area contributed by atoms with E-state index in [-0.39, 0.29) is 11.5 Å². The van der Waals surface area contributed by atoms with Gasteiger partial charge < -0.3 is 49.6 Å². The van der Waals surface area contributed by atoms with E-state index in [1.54, 1.807) is 0 Å². The number of Topliss-reactive ketones (excluding diaryl/α,β-unsaturated/α-hetero) is 1. The smallest absolute Gasteiger partial charge is 0.229 e. The summed E-state index contributed by atoms with van der Waals surface area (Å²) in [6.45, 7) is 2.26. The van der Waals surface area contributed by atoms with Gasteiger partial charge in [-0.2, -0.15) is 0 Å². The zero-order chi connectivity index (χ0) is 22.9. The Bertz CT molecular complexity index is 741. The van der Waals surface area contributed by atoms with Gasteiger partial charge in [-0.15, -0.1) is 0 Å². The van der Waals surface area contributed by atoms with Crippen LogP contribution in [0.3, 0.4) is 0 Å². The summed E-state index contributed by atoms with van der Waals surface area (Å²) in [5, 5.41) is 60.3. The number of aliphatic hydroxyl groups excluding tert-OH is 6. The second kappa shape index (κ2) is 9.86. The first-order valence-electron chi connectivity index (χ1n) is 9.89. The van der Waals surface area contributed by atoms with E-state index >= 15 is 0 Å². The first kappa shape index (κ1) is 24.0. The Morgan fingerprint density at radius 3 is 2.13 bits per heavy atom. The molecule has 1 aromatic rings. The molecule has 11 heteroatoms. The number of ketones is 1. The van der Waals surface area contributed by atoms with Crippen molar-refractivity contribution in [1.29, 1.82) is 0 Å². The van der Waals surface area contributed by atoms with Crippen molar-refractivity contribution < 1.29 is 54.4 Å². The van der Waals surface area contributed by atoms with Crippen LogP contribution in [0, 0.1) is 0 Å². The molecule has 2 fully saturated rings. The monoisotopic (exact) mass is 444 g/mol. The van der Waals surface area contributed by atoms with Crippen LogP contribution in [-0.4, -0.2) is 104 Å². The molecule has 2 saturated heterocycles. The summed E-state index contributed by atoms with van der Waals surface area (Å²) in [5.74, 6) is 0.108. The number of carbonyl (C=O) groups excluding carboxylic acids is 1. The van der Waals surface area contributed by atoms with E-state index in [0.717, 1.165) is 0 Å². The van der Waals surface area contributed by atoms with E-state index in [1.165, 1.54) is 38.1 Å². The Kier molecular flexibility index (Phi) is 7.63. The standard InChI is InChI=1S/C20H28O11/c1-8(22)10-3-5-11(6-4-10)29-20-18(16(26)14(24)12(7-21)30-20)31-19-17(27)15(25)13(23)9(2)28-19/h3-6,9,12-21,23-27H,7H2,1-2H3/t9-,12+,13-,14+,15+,16-,17+,18+,19-,20+/m0/s1. The van der Waals surface area contributed by atoms with Gasteiger partial charge in [0, 0.05) is 5.56 Å². The molecule has 0 aromatic heterocycles. The second-order valence-corrected chi connectivity index (χ2v) is 7.69. The normalized spacial score (nSPS) is 41.0. The molecular formula is C20H28O11. The molecule has 6 N–H and O–H groups in total. The average Bonchev–Trinajstić information content (AvgIpc) is 2.75. The van der Waals surface area contributed by atoms with Crippen LogP contribution in [-0.2, 0) is 14.2 Å². The summed E-state index contributed by atoms with van der Waals surface area (Å²) >= 11 is 0. The molecule has 0 amide bonds. The highest BCUT2D eigenvalue weighted by molar-refractivity contribution is 5.94. The minimum absolute atomic E-state index is 0.140. The number of hydrogen-bond acceptors (Lipinski definition) is 11. The summed E-state index contributed by atoms with van der Waals surface area (Å²) in [5.41, 5.74) is 0.452. The summed E-state index contributed by atoms with van der Waals surface area (Å²) in [6.07, 6.45) is -14.0. The molecule has 0 bridgehead atoms. The van der Waals surface area contributed by atoms with Crippen LogP contribution in [0.1, 0.15) is 24.2 Å². The second-order valence-electron chi connectivity index (χ2n) is 7.69. The summed E-state index contributed by atoms with van der Waals surface area (Å²) < 4.78 is 22.3. The maximum absolute atomic E-state index is 11.4. The van der Waals surface area contributed by atoms with Crippen LogP contribution in [0.4, 0.5) is 0 Å². The predicted octanol–water partition coefficient (Wildman–Crippen LogP) is -2.08. The van der Waals surface area contributed by atoms with Crippen LogP contribution in [0.2, 0.25) is 0 Å². The molecule has 1 aromatic carbocycles. The predicted molar refractivity (Wildman–Crippen MR) is 102 cm³/mol. The lowest BCUT2D eigenvalue weighted by Crippen LogP contribution is -2.64. The molecular weight excluding hydrogens is 416 g/mol. The van der Waals surface area contributed by atoms with Crippen molar-refractivity contribution in [2.45, 2.75) is 75.3 Å². The van der Waals surface area contributed by atoms with Crippen molar-refractivity contribution in [1.82, 2.24) is 0 Å². The van der Waals surface area contributed by atoms with Gasteiger partial charge in [0.2, 0.25) is 6.29 Å². The van der Waals surface area contributed by atoms with Crippen LogP contribution >= 0.6 is 0 Å². The van der Waals surface area contributed by atoms with Gasteiger partial charge in [-0.25, -0.2) is 0 Å². The molecule has 11 nitrogen and oxygen atoms in total. The van der Waals surface area contributed by atoms with E-state index in [1.807, 2.05) is 0 Å². The van der Waals surface area contributed by atoms with Crippen molar-refractivity contribution in [2.24, 2.45) is 0 Å². The number of hydrogen-bond donors (Lipinski definition) is 6. The molecule has 2 aliphatic rings. The Morgan fingerprint density at radius 1 is 0.903 bits per heavy atom. The lowest BCUT2D eigenvalue weighted by molar-refractivity contribution is -0.354. The van der Waals surface area contributed by atoms with Crippen LogP contribution in [0.15, 0.2) is 24.3 Å². The highest BCUT2D eigenvalue weighted by atomic mass is 16.8. The number of carbonyl (C=O) groups is 1. The van der Waals surface area contributed by atoms with Crippen molar-refractivity contribution >= 4 is 5.78 Å². The SMILES string of the molecule is CC(=O)c1ccc(O[C@@H]2O[C@H](CO)[C@@H](O)[C@H](O)[C@H]2O[C@@H]2O[C@@H](C)[C@H](O)[C@@H](O)[C@H]2O)cc1. The molecule has 0 radical (unpaired) electrons. The lowest BCUT2D eigenvalue weighted by Gasteiger charge is -2.45. The van der Waals surface area contributed by atoms with Gasteiger partial charge in [-0.3, -0.25) is 4.79 Å². The molecule has 0 spiro atoms. The van der Waals surface area contributed by atoms with E-state index in [2.05, 4.69) is 0 Å². The number of ether oxygens (including phenoxy) is 4. The topological polar surface area (TPSA) is 175 Å². The molecule has 0 unspecified atom stereocenters. The van der Waals surface area contributed by atoms with Crippen molar-refractivity contribution in [3.63, 3.8) is 0 Å². The minimum Gasteiger partial charge on any atom is -0.462 e. The fraction of sp³-hybridized carbons (Fsp3) is 0.650. The fourth-order valence-electron chi connectivity index (χ4n) is 3.48. The van der Waals surface area contributed by atoms with Gasteiger partial charge >= 0.3 is 0 Å². The van der Waals surface area contributed by atoms with Crippen molar-refractivity contribution in [2.75, 3.05) is 6.61 Å². The fourth-order valence-corrected chi connectivity index (χ4v) is 3.48. The molecule has 31 heavy (non-hydrogen) atoms. The summed E-state index contributed by atoms with van der Waals surface area (Å²) in [7, 11) is 0. The first-order valence-corrected chi connectivity index (χ1v) is 9.89. The molecule has 0 aliphatic carbocycles. The van der Waals surface area contributed by atoms with E-state index in [0.29, 0.717) is 5.56 Å². The molecule has 3 rings (SSSR count). The third-order valence-electron chi connectivity index (χ3n) is 5.44. The van der Waals surface area contributed by atoms with E-state index in [9.17, 15) is 35.4 Å². The first-order chi connectivity index (χ1) is 14.6. The Balaban J connectivity index is 1.81. The Morgan fingerprint density at radius 2 is 1.55 bits per heavy atom. The molecule has 174 valence electrons. The Labute approximate surface area is 178 Å². The van der Waals surface area contributed by atoms with Crippen molar-refractivity contribution in [3.8, 4) is 5.75 Å². The third kappa shape index (κ3) is 5.06. The summed E-state index contributed by atoms with van der Waals surface area (Å²) in [6, 6.07) is 6.05. The maximum atomic E-state index is 11.4. The molecule has 2 aliphatic heterocycles. The molecule has 2 heterocycles.